The lowest BCUT2D eigenvalue weighted by atomic mass is 9.80. The Morgan fingerprint density at radius 3 is 2.55 bits per heavy atom. The van der Waals surface area contributed by atoms with Crippen LogP contribution in [0, 0.1) is 5.41 Å². The molecule has 11 heavy (non-hydrogen) atoms. The molecule has 0 spiro atoms. The molecule has 64 valence electrons. The van der Waals surface area contributed by atoms with E-state index in [2.05, 4.69) is 4.74 Å². The number of rotatable bonds is 2. The lowest BCUT2D eigenvalue weighted by molar-refractivity contribution is -0.161. The molecule has 1 aliphatic rings. The number of likely N-dealkylation sites (tertiary alicyclic amines) is 1. The molecule has 1 heterocycles. The molecule has 1 rings (SSSR count). The van der Waals surface area contributed by atoms with Gasteiger partial charge < -0.3 is 15.4 Å². The number of nitrogens with two attached hydrogens (primary N) is 1. The first-order valence-corrected chi connectivity index (χ1v) is 3.62. The van der Waals surface area contributed by atoms with Crippen molar-refractivity contribution in [1.82, 2.24) is 4.90 Å². The molecule has 4 nitrogen and oxygen atoms in total. The summed E-state index contributed by atoms with van der Waals surface area (Å²) in [5, 5.41) is 0. The van der Waals surface area contributed by atoms with Gasteiger partial charge in [0.2, 0.25) is 0 Å². The van der Waals surface area contributed by atoms with Crippen molar-refractivity contribution in [3.8, 4) is 0 Å². The number of methoxy groups -OCH3 is 1. The van der Waals surface area contributed by atoms with Gasteiger partial charge >= 0.3 is 5.97 Å². The van der Waals surface area contributed by atoms with Gasteiger partial charge in [-0.1, -0.05) is 0 Å². The number of nitrogens with zero attached hydrogens (tertiary/aromatic N) is 1. The number of carbonyl (C=O) groups is 1. The Labute approximate surface area is 66.3 Å². The van der Waals surface area contributed by atoms with Crippen molar-refractivity contribution in [2.45, 2.75) is 0 Å². The molecule has 0 bridgehead atoms. The van der Waals surface area contributed by atoms with Gasteiger partial charge in [-0.3, -0.25) is 4.79 Å². The first-order valence-electron chi connectivity index (χ1n) is 3.62. The van der Waals surface area contributed by atoms with E-state index < -0.39 is 5.41 Å². The van der Waals surface area contributed by atoms with Gasteiger partial charge in [0.1, 0.15) is 5.41 Å². The molecule has 0 aromatic carbocycles. The largest absolute Gasteiger partial charge is 0.468 e. The summed E-state index contributed by atoms with van der Waals surface area (Å²) < 4.78 is 4.65. The fourth-order valence-corrected chi connectivity index (χ4v) is 1.55. The summed E-state index contributed by atoms with van der Waals surface area (Å²) in [5.41, 5.74) is 5.07. The molecule has 0 aromatic heterocycles. The Kier molecular flexibility index (Phi) is 2.15. The second-order valence-electron chi connectivity index (χ2n) is 3.15. The third-order valence-corrected chi connectivity index (χ3v) is 2.15. The summed E-state index contributed by atoms with van der Waals surface area (Å²) >= 11 is 0. The highest BCUT2D eigenvalue weighted by Crippen LogP contribution is 2.28. The minimum atomic E-state index is -0.413. The van der Waals surface area contributed by atoms with E-state index in [4.69, 9.17) is 5.73 Å². The molecule has 1 saturated heterocycles. The zero-order valence-electron chi connectivity index (χ0n) is 6.96. The van der Waals surface area contributed by atoms with Crippen LogP contribution in [0.5, 0.6) is 0 Å². The summed E-state index contributed by atoms with van der Waals surface area (Å²) in [6.07, 6.45) is 0. The van der Waals surface area contributed by atoms with Gasteiger partial charge in [-0.25, -0.2) is 0 Å². The van der Waals surface area contributed by atoms with Crippen LogP contribution in [0.3, 0.4) is 0 Å². The van der Waals surface area contributed by atoms with Gasteiger partial charge in [0, 0.05) is 19.6 Å². The van der Waals surface area contributed by atoms with Gasteiger partial charge in [0.05, 0.1) is 7.11 Å². The lowest BCUT2D eigenvalue weighted by Crippen LogP contribution is -2.62. The summed E-state index contributed by atoms with van der Waals surface area (Å²) in [4.78, 5) is 13.2. The van der Waals surface area contributed by atoms with E-state index in [1.165, 1.54) is 7.11 Å². The number of hydrogen-bond acceptors (Lipinski definition) is 4. The van der Waals surface area contributed by atoms with E-state index in [0.717, 1.165) is 13.1 Å². The minimum Gasteiger partial charge on any atom is -0.468 e. The molecule has 0 amide bonds. The Hall–Kier alpha value is -0.610. The van der Waals surface area contributed by atoms with Crippen molar-refractivity contribution in [3.63, 3.8) is 0 Å². The summed E-state index contributed by atoms with van der Waals surface area (Å²) in [7, 11) is 3.36. The van der Waals surface area contributed by atoms with Crippen molar-refractivity contribution in [2.75, 3.05) is 33.8 Å². The summed E-state index contributed by atoms with van der Waals surface area (Å²) in [6, 6.07) is 0. The van der Waals surface area contributed by atoms with Crippen LogP contribution >= 0.6 is 0 Å². The fourth-order valence-electron chi connectivity index (χ4n) is 1.55. The number of carbonyl (C=O) groups excluding carboxylic acids is 1. The zero-order valence-corrected chi connectivity index (χ0v) is 6.96. The quantitative estimate of drug-likeness (QED) is 0.526. The van der Waals surface area contributed by atoms with Crippen LogP contribution in [0.1, 0.15) is 0 Å². The molecule has 4 heteroatoms. The third kappa shape index (κ3) is 1.23. The maximum absolute atomic E-state index is 11.2. The van der Waals surface area contributed by atoms with Gasteiger partial charge in [-0.05, 0) is 7.05 Å². The maximum atomic E-state index is 11.2. The van der Waals surface area contributed by atoms with Crippen molar-refractivity contribution in [1.29, 1.82) is 0 Å². The first-order chi connectivity index (χ1) is 5.14. The second kappa shape index (κ2) is 2.79. The van der Waals surface area contributed by atoms with Crippen LogP contribution in [0.25, 0.3) is 0 Å². The van der Waals surface area contributed by atoms with Crippen molar-refractivity contribution < 1.29 is 9.53 Å². The van der Waals surface area contributed by atoms with E-state index >= 15 is 0 Å². The molecule has 1 fully saturated rings. The van der Waals surface area contributed by atoms with Gasteiger partial charge in [-0.2, -0.15) is 0 Å². The van der Waals surface area contributed by atoms with Crippen LogP contribution in [0.15, 0.2) is 0 Å². The predicted octanol–water partition coefficient (Wildman–Crippen LogP) is -0.950. The Balaban J connectivity index is 2.57. The third-order valence-electron chi connectivity index (χ3n) is 2.15. The van der Waals surface area contributed by atoms with E-state index in [-0.39, 0.29) is 5.97 Å². The van der Waals surface area contributed by atoms with Crippen LogP contribution < -0.4 is 5.73 Å². The highest BCUT2D eigenvalue weighted by Gasteiger charge is 2.47. The highest BCUT2D eigenvalue weighted by molar-refractivity contribution is 5.78. The highest BCUT2D eigenvalue weighted by atomic mass is 16.5. The normalized spacial score (nSPS) is 22.5. The Morgan fingerprint density at radius 1 is 1.73 bits per heavy atom. The SMILES string of the molecule is COC(=O)C1(CN)CN(C)C1. The average Bonchev–Trinajstić information content (AvgIpc) is 1.96. The second-order valence-corrected chi connectivity index (χ2v) is 3.15. The Morgan fingerprint density at radius 2 is 2.27 bits per heavy atom. The van der Waals surface area contributed by atoms with Crippen molar-refractivity contribution in [3.05, 3.63) is 0 Å². The predicted molar refractivity (Wildman–Crippen MR) is 41.0 cm³/mol. The topological polar surface area (TPSA) is 55.6 Å². The molecule has 1 aliphatic heterocycles. The van der Waals surface area contributed by atoms with Gasteiger partial charge in [-0.15, -0.1) is 0 Å². The van der Waals surface area contributed by atoms with Crippen LogP contribution in [0.4, 0.5) is 0 Å². The van der Waals surface area contributed by atoms with Crippen LogP contribution in [-0.2, 0) is 9.53 Å². The van der Waals surface area contributed by atoms with E-state index in [0.29, 0.717) is 6.54 Å². The standard InChI is InChI=1S/C7H14N2O2/c1-9-4-7(3-8,5-9)6(10)11-2/h3-5,8H2,1-2H3. The number of hydrogen-bond donors (Lipinski definition) is 1. The van der Waals surface area contributed by atoms with Gasteiger partial charge in [0.15, 0.2) is 0 Å². The van der Waals surface area contributed by atoms with Crippen molar-refractivity contribution >= 4 is 5.97 Å². The fraction of sp³-hybridized carbons (Fsp3) is 0.857. The molecule has 0 aromatic rings. The van der Waals surface area contributed by atoms with Crippen LogP contribution in [-0.4, -0.2) is 44.7 Å². The van der Waals surface area contributed by atoms with Gasteiger partial charge in [0.25, 0.3) is 0 Å². The van der Waals surface area contributed by atoms with E-state index in [9.17, 15) is 4.79 Å². The molecule has 0 saturated carbocycles. The summed E-state index contributed by atoms with van der Waals surface area (Å²) in [5.74, 6) is -0.182. The van der Waals surface area contributed by atoms with E-state index in [1.54, 1.807) is 0 Å². The van der Waals surface area contributed by atoms with Crippen molar-refractivity contribution in [2.24, 2.45) is 11.1 Å². The average molecular weight is 158 g/mol. The molecule has 2 N–H and O–H groups in total. The smallest absolute Gasteiger partial charge is 0.315 e. The monoisotopic (exact) mass is 158 g/mol. The zero-order chi connectivity index (χ0) is 8.48. The van der Waals surface area contributed by atoms with Crippen LogP contribution in [0.2, 0.25) is 0 Å². The number of ether oxygens (including phenoxy) is 1. The maximum Gasteiger partial charge on any atom is 0.315 e. The van der Waals surface area contributed by atoms with E-state index in [1.807, 2.05) is 11.9 Å². The summed E-state index contributed by atoms with van der Waals surface area (Å²) in [6.45, 7) is 1.82. The molecular formula is C7H14N2O2. The minimum absolute atomic E-state index is 0.182. The molecule has 0 atom stereocenters. The molecular weight excluding hydrogens is 144 g/mol. The first kappa shape index (κ1) is 8.49. The molecule has 0 radical (unpaired) electrons. The Bertz CT molecular complexity index is 164. The lowest BCUT2D eigenvalue weighted by Gasteiger charge is -2.45. The number of esters is 1. The molecule has 0 aliphatic carbocycles. The molecule has 0 unspecified atom stereocenters.